The Morgan fingerprint density at radius 3 is 2.69 bits per heavy atom. The molecule has 0 radical (unpaired) electrons. The second-order valence-corrected chi connectivity index (χ2v) is 4.26. The SMILES string of the molecule is CN(CCCCCCN)Cc1ccccn1. The zero-order valence-corrected chi connectivity index (χ0v) is 10.2. The summed E-state index contributed by atoms with van der Waals surface area (Å²) in [6, 6.07) is 6.07. The normalized spacial score (nSPS) is 10.9. The summed E-state index contributed by atoms with van der Waals surface area (Å²) < 4.78 is 0. The molecule has 0 saturated carbocycles. The van der Waals surface area contributed by atoms with Crippen LogP contribution in [0.15, 0.2) is 24.4 Å². The Balaban J connectivity index is 2.09. The minimum atomic E-state index is 0.823. The van der Waals surface area contributed by atoms with Gasteiger partial charge in [0.05, 0.1) is 5.69 Å². The molecule has 0 fully saturated rings. The van der Waals surface area contributed by atoms with E-state index in [1.807, 2.05) is 18.3 Å². The van der Waals surface area contributed by atoms with Crippen molar-refractivity contribution >= 4 is 0 Å². The van der Waals surface area contributed by atoms with E-state index in [-0.39, 0.29) is 0 Å². The highest BCUT2D eigenvalue weighted by Crippen LogP contribution is 2.03. The molecule has 0 aliphatic carbocycles. The van der Waals surface area contributed by atoms with Crippen LogP contribution in [0.5, 0.6) is 0 Å². The Hall–Kier alpha value is -0.930. The number of aromatic nitrogens is 1. The first kappa shape index (κ1) is 13.1. The lowest BCUT2D eigenvalue weighted by atomic mass is 10.2. The quantitative estimate of drug-likeness (QED) is 0.683. The number of pyridine rings is 1. The lowest BCUT2D eigenvalue weighted by Crippen LogP contribution is -2.19. The van der Waals surface area contributed by atoms with Gasteiger partial charge >= 0.3 is 0 Å². The van der Waals surface area contributed by atoms with Gasteiger partial charge in [0.25, 0.3) is 0 Å². The zero-order valence-electron chi connectivity index (χ0n) is 10.2. The number of hydrogen-bond donors (Lipinski definition) is 1. The molecule has 0 aromatic carbocycles. The van der Waals surface area contributed by atoms with Crippen LogP contribution >= 0.6 is 0 Å². The summed E-state index contributed by atoms with van der Waals surface area (Å²) in [6.07, 6.45) is 6.80. The number of unbranched alkanes of at least 4 members (excludes halogenated alkanes) is 3. The number of nitrogens with two attached hydrogens (primary N) is 1. The topological polar surface area (TPSA) is 42.1 Å². The minimum Gasteiger partial charge on any atom is -0.330 e. The highest BCUT2D eigenvalue weighted by molar-refractivity contribution is 5.02. The second-order valence-electron chi connectivity index (χ2n) is 4.26. The van der Waals surface area contributed by atoms with E-state index in [2.05, 4.69) is 23.0 Å². The smallest absolute Gasteiger partial charge is 0.0543 e. The largest absolute Gasteiger partial charge is 0.330 e. The third-order valence-corrected chi connectivity index (χ3v) is 2.65. The summed E-state index contributed by atoms with van der Waals surface area (Å²) in [5.41, 5.74) is 6.60. The van der Waals surface area contributed by atoms with Crippen molar-refractivity contribution in [3.8, 4) is 0 Å². The molecule has 0 aliphatic rings. The molecule has 3 heteroatoms. The van der Waals surface area contributed by atoms with Crippen LogP contribution in [0.2, 0.25) is 0 Å². The lowest BCUT2D eigenvalue weighted by Gasteiger charge is -2.15. The van der Waals surface area contributed by atoms with Crippen molar-refractivity contribution in [1.29, 1.82) is 0 Å². The molecule has 0 atom stereocenters. The standard InChI is InChI=1S/C13H23N3/c1-16(11-7-3-2-5-9-14)12-13-8-4-6-10-15-13/h4,6,8,10H,2-3,5,7,9,11-12,14H2,1H3. The molecule has 1 heterocycles. The maximum atomic E-state index is 5.45. The molecule has 1 aromatic heterocycles. The van der Waals surface area contributed by atoms with Crippen molar-refractivity contribution in [3.05, 3.63) is 30.1 Å². The molecule has 0 saturated heterocycles. The van der Waals surface area contributed by atoms with Crippen LogP contribution in [0.4, 0.5) is 0 Å². The molecule has 3 nitrogen and oxygen atoms in total. The van der Waals surface area contributed by atoms with Gasteiger partial charge in [0, 0.05) is 12.7 Å². The highest BCUT2D eigenvalue weighted by atomic mass is 15.1. The Labute approximate surface area is 98.7 Å². The van der Waals surface area contributed by atoms with Gasteiger partial charge in [-0.25, -0.2) is 0 Å². The van der Waals surface area contributed by atoms with E-state index in [1.165, 1.54) is 19.3 Å². The predicted molar refractivity (Wildman–Crippen MR) is 68.1 cm³/mol. The third-order valence-electron chi connectivity index (χ3n) is 2.65. The number of rotatable bonds is 8. The third kappa shape index (κ3) is 5.83. The Morgan fingerprint density at radius 2 is 2.00 bits per heavy atom. The lowest BCUT2D eigenvalue weighted by molar-refractivity contribution is 0.313. The van der Waals surface area contributed by atoms with Crippen molar-refractivity contribution in [1.82, 2.24) is 9.88 Å². The van der Waals surface area contributed by atoms with Gasteiger partial charge in [0.1, 0.15) is 0 Å². The van der Waals surface area contributed by atoms with Gasteiger partial charge in [0.2, 0.25) is 0 Å². The zero-order chi connectivity index (χ0) is 11.6. The summed E-state index contributed by atoms with van der Waals surface area (Å²) in [7, 11) is 2.15. The molecule has 0 aliphatic heterocycles. The first-order valence-corrected chi connectivity index (χ1v) is 6.11. The van der Waals surface area contributed by atoms with Crippen LogP contribution in [0.25, 0.3) is 0 Å². The van der Waals surface area contributed by atoms with Gasteiger partial charge in [0.15, 0.2) is 0 Å². The molecular weight excluding hydrogens is 198 g/mol. The number of hydrogen-bond acceptors (Lipinski definition) is 3. The Bertz CT molecular complexity index is 261. The fourth-order valence-electron chi connectivity index (χ4n) is 1.73. The molecule has 16 heavy (non-hydrogen) atoms. The van der Waals surface area contributed by atoms with Crippen molar-refractivity contribution in [2.75, 3.05) is 20.1 Å². The van der Waals surface area contributed by atoms with Crippen molar-refractivity contribution in [3.63, 3.8) is 0 Å². The molecule has 1 rings (SSSR count). The summed E-state index contributed by atoms with van der Waals surface area (Å²) in [6.45, 7) is 2.91. The van der Waals surface area contributed by atoms with Crippen LogP contribution in [0.3, 0.4) is 0 Å². The van der Waals surface area contributed by atoms with Crippen LogP contribution in [0, 0.1) is 0 Å². The summed E-state index contributed by atoms with van der Waals surface area (Å²) in [5.74, 6) is 0. The van der Waals surface area contributed by atoms with Crippen LogP contribution in [0.1, 0.15) is 31.4 Å². The van der Waals surface area contributed by atoms with E-state index in [0.29, 0.717) is 0 Å². The van der Waals surface area contributed by atoms with Crippen molar-refractivity contribution in [2.45, 2.75) is 32.2 Å². The van der Waals surface area contributed by atoms with Gasteiger partial charge in [-0.1, -0.05) is 18.9 Å². The first-order chi connectivity index (χ1) is 7.83. The Kier molecular flexibility index (Phi) is 6.77. The summed E-state index contributed by atoms with van der Waals surface area (Å²) in [5, 5.41) is 0. The van der Waals surface area contributed by atoms with Gasteiger partial charge in [-0.05, 0) is 45.1 Å². The fourth-order valence-corrected chi connectivity index (χ4v) is 1.73. The summed E-state index contributed by atoms with van der Waals surface area (Å²) >= 11 is 0. The molecule has 0 unspecified atom stereocenters. The molecule has 0 spiro atoms. The van der Waals surface area contributed by atoms with Crippen molar-refractivity contribution < 1.29 is 0 Å². The van der Waals surface area contributed by atoms with E-state index in [0.717, 1.165) is 31.7 Å². The van der Waals surface area contributed by atoms with Crippen LogP contribution in [-0.4, -0.2) is 30.0 Å². The van der Waals surface area contributed by atoms with Crippen LogP contribution in [-0.2, 0) is 6.54 Å². The average Bonchev–Trinajstić information content (AvgIpc) is 2.30. The fraction of sp³-hybridized carbons (Fsp3) is 0.615. The van der Waals surface area contributed by atoms with Gasteiger partial charge in [-0.2, -0.15) is 0 Å². The van der Waals surface area contributed by atoms with Crippen LogP contribution < -0.4 is 5.73 Å². The monoisotopic (exact) mass is 221 g/mol. The molecule has 2 N–H and O–H groups in total. The summed E-state index contributed by atoms with van der Waals surface area (Å²) in [4.78, 5) is 6.64. The van der Waals surface area contributed by atoms with Gasteiger partial charge in [-0.15, -0.1) is 0 Å². The first-order valence-electron chi connectivity index (χ1n) is 6.11. The Morgan fingerprint density at radius 1 is 1.19 bits per heavy atom. The number of nitrogens with zero attached hydrogens (tertiary/aromatic N) is 2. The molecule has 0 bridgehead atoms. The van der Waals surface area contributed by atoms with E-state index < -0.39 is 0 Å². The van der Waals surface area contributed by atoms with E-state index in [4.69, 9.17) is 5.73 Å². The van der Waals surface area contributed by atoms with Gasteiger partial charge < -0.3 is 10.6 Å². The van der Waals surface area contributed by atoms with E-state index in [1.54, 1.807) is 0 Å². The van der Waals surface area contributed by atoms with Crippen molar-refractivity contribution in [2.24, 2.45) is 5.73 Å². The average molecular weight is 221 g/mol. The van der Waals surface area contributed by atoms with Gasteiger partial charge in [-0.3, -0.25) is 4.98 Å². The molecule has 0 amide bonds. The molecule has 1 aromatic rings. The second kappa shape index (κ2) is 8.25. The minimum absolute atomic E-state index is 0.823. The highest BCUT2D eigenvalue weighted by Gasteiger charge is 2.00. The van der Waals surface area contributed by atoms with E-state index >= 15 is 0 Å². The molecular formula is C13H23N3. The maximum absolute atomic E-state index is 5.45. The molecule has 90 valence electrons. The van der Waals surface area contributed by atoms with E-state index in [9.17, 15) is 0 Å². The maximum Gasteiger partial charge on any atom is 0.0543 e. The predicted octanol–water partition coefficient (Wildman–Crippen LogP) is 2.03.